The smallest absolute Gasteiger partial charge is 0.392 e. The molecule has 0 aromatic carbocycles. The maximum atomic E-state index is 17.2. The Kier molecular flexibility index (Phi) is 12.2. The summed E-state index contributed by atoms with van der Waals surface area (Å²) in [5.41, 5.74) is 7.14. The lowest BCUT2D eigenvalue weighted by atomic mass is 9.98. The second-order valence-electron chi connectivity index (χ2n) is 15.9. The van der Waals surface area contributed by atoms with Crippen LogP contribution in [0.2, 0.25) is 0 Å². The number of nitrogens with two attached hydrogens (primary N) is 2. The monoisotopic (exact) mass is 922 g/mol. The fourth-order valence-electron chi connectivity index (χ4n) is 6.34. The van der Waals surface area contributed by atoms with Crippen LogP contribution >= 0.6 is 36.1 Å². The van der Waals surface area contributed by atoms with Crippen LogP contribution in [0.15, 0.2) is 23.8 Å². The summed E-state index contributed by atoms with van der Waals surface area (Å²) in [5.74, 6) is -2.84. The zero-order valence-corrected chi connectivity index (χ0v) is 36.3. The van der Waals surface area contributed by atoms with Crippen molar-refractivity contribution in [3.8, 4) is 0 Å². The average Bonchev–Trinajstić information content (AvgIpc) is 3.93. The molecule has 4 aromatic heterocycles. The zero-order chi connectivity index (χ0) is 43.5. The van der Waals surface area contributed by atoms with Crippen LogP contribution in [0.5, 0.6) is 0 Å². The molecule has 3 fully saturated rings. The third-order valence-electron chi connectivity index (χ3n) is 9.43. The van der Waals surface area contributed by atoms with E-state index in [1.54, 1.807) is 41.5 Å². The summed E-state index contributed by atoms with van der Waals surface area (Å²) in [6.07, 6.45) is -9.29. The van der Waals surface area contributed by atoms with E-state index in [1.807, 2.05) is 0 Å². The number of halogens is 2. The molecule has 4 aromatic rings. The number of esters is 2. The Morgan fingerprint density at radius 3 is 2.10 bits per heavy atom. The normalized spacial score (nSPS) is 31.4. The number of ether oxygens (including phenoxy) is 4. The SMILES string of the molecule is CC(C)(C)C(=O)OCSP1(=O)OCC2OC(n3cnc4c(N)ncnc43)[C@H](F)[C@@H]2P(=O)(SCOC(=O)C(C)(C)C)OCC2OC(n3cnc4c(=O)[nH]c(N)nc43)[C@H](F)[C@@H]2O1. The van der Waals surface area contributed by atoms with Gasteiger partial charge >= 0.3 is 18.7 Å². The van der Waals surface area contributed by atoms with E-state index in [-0.39, 0.29) is 34.1 Å². The number of rotatable bonds is 8. The lowest BCUT2D eigenvalue weighted by molar-refractivity contribution is -0.151. The number of nitrogens with zero attached hydrogens (tertiary/aromatic N) is 7. The maximum absolute atomic E-state index is 17.2. The van der Waals surface area contributed by atoms with Crippen LogP contribution in [0.25, 0.3) is 22.3 Å². The molecule has 0 radical (unpaired) electrons. The topological polar surface area (TPSA) is 292 Å². The first-order valence-corrected chi connectivity index (χ1v) is 24.6. The van der Waals surface area contributed by atoms with Gasteiger partial charge < -0.3 is 34.9 Å². The minimum absolute atomic E-state index is 0.0106. The summed E-state index contributed by atoms with van der Waals surface area (Å²) >= 11 is 0.864. The third kappa shape index (κ3) is 8.67. The second-order valence-corrected chi connectivity index (χ2v) is 24.6. The van der Waals surface area contributed by atoms with Crippen molar-refractivity contribution in [1.82, 2.24) is 39.0 Å². The Bertz CT molecular complexity index is 2450. The molecule has 6 unspecified atom stereocenters. The summed E-state index contributed by atoms with van der Waals surface area (Å²) < 4.78 is 107. The van der Waals surface area contributed by atoms with Gasteiger partial charge in [0, 0.05) is 11.4 Å². The number of aromatic nitrogens is 8. The van der Waals surface area contributed by atoms with Crippen LogP contribution in [-0.4, -0.2) is 112 Å². The van der Waals surface area contributed by atoms with Gasteiger partial charge in [-0.15, -0.1) is 0 Å². The standard InChI is InChI=1S/C32H42F2N10O12P2S2/c1-31(2,3)28(46)50-12-59-57(48)21-15(55-27(17(21)34)43-10-39-18-22(35)37-9-38-23(18)43)8-53-58(49,60-13-51-29(47)32(4,5)6)56-20-14(7-52-57)54-26(16(20)33)44-11-40-19-24(44)41-30(36)42-25(19)45/h9-11,14-17,20-21,26-27H,7-8,12-13H2,1-6H3,(H2,35,37,38)(H3,36,41,42,45)/t14?,15?,16-,17-,20-,21-,26?,27?,57?,58?/m1/s1. The molecule has 328 valence electrons. The number of aromatic amines is 1. The van der Waals surface area contributed by atoms with Gasteiger partial charge in [-0.05, 0) is 52.9 Å². The molecule has 3 saturated heterocycles. The highest BCUT2D eigenvalue weighted by atomic mass is 32.7. The maximum Gasteiger partial charge on any atom is 0.392 e. The molecule has 0 amide bonds. The van der Waals surface area contributed by atoms with E-state index in [0.717, 1.165) is 17.2 Å². The second kappa shape index (κ2) is 16.5. The van der Waals surface area contributed by atoms with Gasteiger partial charge in [-0.2, -0.15) is 4.98 Å². The van der Waals surface area contributed by atoms with E-state index in [0.29, 0.717) is 22.8 Å². The number of imidazole rings is 2. The molecule has 10 atom stereocenters. The van der Waals surface area contributed by atoms with E-state index < -0.39 is 116 Å². The number of fused-ring (bicyclic) bond motifs is 4. The minimum atomic E-state index is -4.70. The highest BCUT2D eigenvalue weighted by Crippen LogP contribution is 2.70. The fourth-order valence-corrected chi connectivity index (χ4v) is 13.6. The van der Waals surface area contributed by atoms with Gasteiger partial charge in [0.2, 0.25) is 5.95 Å². The Morgan fingerprint density at radius 1 is 0.850 bits per heavy atom. The molecule has 28 heteroatoms. The molecular formula is C32H42F2N10O12P2S2. The summed E-state index contributed by atoms with van der Waals surface area (Å²) in [6, 6.07) is 0. The van der Waals surface area contributed by atoms with Crippen molar-refractivity contribution in [2.75, 3.05) is 36.6 Å². The number of H-pyrrole nitrogens is 1. The van der Waals surface area contributed by atoms with Crippen LogP contribution in [-0.2, 0) is 51.2 Å². The van der Waals surface area contributed by atoms with Gasteiger partial charge in [-0.1, -0.05) is 0 Å². The molecular weight excluding hydrogens is 880 g/mol. The molecule has 60 heavy (non-hydrogen) atoms. The van der Waals surface area contributed by atoms with Crippen molar-refractivity contribution in [1.29, 1.82) is 0 Å². The fraction of sp³-hybridized carbons (Fsp3) is 0.625. The lowest BCUT2D eigenvalue weighted by Gasteiger charge is -2.28. The van der Waals surface area contributed by atoms with Crippen LogP contribution < -0.4 is 17.0 Å². The number of alkyl halides is 2. The summed E-state index contributed by atoms with van der Waals surface area (Å²) in [4.78, 5) is 60.6. The molecule has 0 spiro atoms. The van der Waals surface area contributed by atoms with Crippen molar-refractivity contribution in [2.45, 2.75) is 90.3 Å². The van der Waals surface area contributed by atoms with Gasteiger partial charge in [-0.25, -0.2) is 33.3 Å². The van der Waals surface area contributed by atoms with Crippen molar-refractivity contribution < 1.29 is 60.0 Å². The first kappa shape index (κ1) is 44.3. The Balaban J connectivity index is 1.28. The van der Waals surface area contributed by atoms with Crippen LogP contribution in [0.4, 0.5) is 20.5 Å². The van der Waals surface area contributed by atoms with Crippen molar-refractivity contribution >= 4 is 82.2 Å². The Morgan fingerprint density at radius 2 is 1.43 bits per heavy atom. The predicted octanol–water partition coefficient (Wildman–Crippen LogP) is 4.26. The van der Waals surface area contributed by atoms with Gasteiger partial charge in [0.25, 0.3) is 12.1 Å². The molecule has 0 bridgehead atoms. The molecule has 3 aliphatic rings. The lowest BCUT2D eigenvalue weighted by Crippen LogP contribution is -2.34. The molecule has 0 aliphatic carbocycles. The van der Waals surface area contributed by atoms with Crippen molar-refractivity contribution in [3.63, 3.8) is 0 Å². The Hall–Kier alpha value is -3.74. The minimum Gasteiger partial charge on any atom is -0.454 e. The van der Waals surface area contributed by atoms with Crippen LogP contribution in [0.3, 0.4) is 0 Å². The van der Waals surface area contributed by atoms with Crippen molar-refractivity contribution in [2.24, 2.45) is 10.8 Å². The van der Waals surface area contributed by atoms with E-state index in [2.05, 4.69) is 29.9 Å². The number of nitrogen functional groups attached to an aromatic ring is 2. The van der Waals surface area contributed by atoms with E-state index in [4.69, 9.17) is 44.0 Å². The van der Waals surface area contributed by atoms with Gasteiger partial charge in [0.1, 0.15) is 41.6 Å². The zero-order valence-electron chi connectivity index (χ0n) is 32.8. The summed E-state index contributed by atoms with van der Waals surface area (Å²) in [5, 5.41) is 0. The first-order chi connectivity index (χ1) is 28.1. The van der Waals surface area contributed by atoms with E-state index in [9.17, 15) is 18.9 Å². The van der Waals surface area contributed by atoms with Crippen LogP contribution in [0, 0.1) is 10.8 Å². The van der Waals surface area contributed by atoms with Gasteiger partial charge in [-0.3, -0.25) is 42.1 Å². The van der Waals surface area contributed by atoms with Gasteiger partial charge in [0.15, 0.2) is 47.4 Å². The molecule has 7 rings (SSSR count). The molecule has 5 N–H and O–H groups in total. The summed E-state index contributed by atoms with van der Waals surface area (Å²) in [7, 11) is 0. The van der Waals surface area contributed by atoms with E-state index >= 15 is 13.3 Å². The largest absolute Gasteiger partial charge is 0.454 e. The number of hydrogen-bond acceptors (Lipinski definition) is 21. The summed E-state index contributed by atoms with van der Waals surface area (Å²) in [6.45, 7) is -1.27. The number of hydrogen-bond donors (Lipinski definition) is 3. The average molecular weight is 923 g/mol. The highest BCUT2D eigenvalue weighted by molar-refractivity contribution is 8.56. The van der Waals surface area contributed by atoms with E-state index in [1.165, 1.54) is 10.9 Å². The van der Waals surface area contributed by atoms with Crippen molar-refractivity contribution in [3.05, 3.63) is 29.3 Å². The highest BCUT2D eigenvalue weighted by Gasteiger charge is 2.59. The quantitative estimate of drug-likeness (QED) is 0.126. The molecule has 0 saturated carbocycles. The number of nitrogens with one attached hydrogen (secondary N) is 1. The van der Waals surface area contributed by atoms with Crippen LogP contribution in [0.1, 0.15) is 54.0 Å². The predicted molar refractivity (Wildman–Crippen MR) is 212 cm³/mol. The number of carbonyl (C=O) groups is 2. The molecule has 3 aliphatic heterocycles. The molecule has 22 nitrogen and oxygen atoms in total. The Labute approximate surface area is 347 Å². The number of anilines is 2. The third-order valence-corrected chi connectivity index (χ3v) is 17.7. The number of carbonyl (C=O) groups excluding carboxylic acids is 2. The molecule has 7 heterocycles. The van der Waals surface area contributed by atoms with Gasteiger partial charge in [0.05, 0.1) is 42.8 Å². The first-order valence-electron chi connectivity index (χ1n) is 18.2.